The average Bonchev–Trinajstić information content (AvgIpc) is 0.725. The molecule has 0 saturated heterocycles. The van der Waals surface area contributed by atoms with Crippen molar-refractivity contribution in [3.63, 3.8) is 0 Å². The highest BCUT2D eigenvalue weighted by Gasteiger charge is 2.39. The van der Waals surface area contributed by atoms with Gasteiger partial charge in [-0.15, -0.1) is 0 Å². The van der Waals surface area contributed by atoms with Gasteiger partial charge in [0.05, 0.1) is 16.7 Å². The lowest BCUT2D eigenvalue weighted by Gasteiger charge is -2.26. The lowest BCUT2D eigenvalue weighted by atomic mass is 9.84. The van der Waals surface area contributed by atoms with Crippen LogP contribution in [-0.4, -0.2) is 29.5 Å². The first-order chi connectivity index (χ1) is 45.0. The fourth-order valence-corrected chi connectivity index (χ4v) is 14.2. The third-order valence-corrected chi connectivity index (χ3v) is 19.4. The first-order valence-corrected chi connectivity index (χ1v) is 32.4. The molecule has 0 atom stereocenters. The number of carbonyl (C=O) groups is 5. The molecular formula is C78H58O10S4. The quantitative estimate of drug-likeness (QED) is 0.0167. The highest BCUT2D eigenvalue weighted by Crippen LogP contribution is 2.49. The van der Waals surface area contributed by atoms with Crippen LogP contribution in [0.1, 0.15) is 113 Å². The summed E-state index contributed by atoms with van der Waals surface area (Å²) in [6.45, 7) is 15.6. The van der Waals surface area contributed by atoms with Crippen molar-refractivity contribution < 1.29 is 48.0 Å². The van der Waals surface area contributed by atoms with Crippen molar-refractivity contribution in [3.8, 4) is 0 Å². The third-order valence-electron chi connectivity index (χ3n) is 14.8. The van der Waals surface area contributed by atoms with Gasteiger partial charge in [0.2, 0.25) is 0 Å². The number of esters is 3. The lowest BCUT2D eigenvalue weighted by molar-refractivity contribution is -0.313. The Morgan fingerprint density at radius 1 is 0.293 bits per heavy atom. The van der Waals surface area contributed by atoms with Gasteiger partial charge in [-0.2, -0.15) is 0 Å². The maximum atomic E-state index is 16.4. The Hall–Kier alpha value is -9.77. The maximum Gasteiger partial charge on any atom is 0.339 e. The summed E-state index contributed by atoms with van der Waals surface area (Å²) in [6, 6.07) is 65.9. The summed E-state index contributed by atoms with van der Waals surface area (Å²) in [6.07, 6.45) is 6.97. The van der Waals surface area contributed by atoms with Crippen LogP contribution in [0.4, 0.5) is 0 Å². The van der Waals surface area contributed by atoms with Gasteiger partial charge in [0.1, 0.15) is 33.0 Å². The number of carbonyl (C=O) groups excluding carboxylic acids is 5. The summed E-state index contributed by atoms with van der Waals surface area (Å²) >= 11 is 4.77. The Labute approximate surface area is 551 Å². The molecule has 0 unspecified atom stereocenters. The normalized spacial score (nSPS) is 11.4. The summed E-state index contributed by atoms with van der Waals surface area (Å²) in [5, 5.41) is 0. The zero-order valence-corrected chi connectivity index (χ0v) is 52.9. The second kappa shape index (κ2) is 30.4. The number of ketones is 2. The Balaban J connectivity index is 0.999. The molecule has 0 aromatic heterocycles. The fourth-order valence-electron chi connectivity index (χ4n) is 9.88. The minimum absolute atomic E-state index is 0.000593. The van der Waals surface area contributed by atoms with Crippen molar-refractivity contribution in [2.24, 2.45) is 0 Å². The number of benzene rings is 10. The molecule has 454 valence electrons. The highest BCUT2D eigenvalue weighted by molar-refractivity contribution is 8.00. The Morgan fingerprint density at radius 2 is 0.554 bits per heavy atom. The number of fused-ring (bicyclic) bond motifs is 2. The van der Waals surface area contributed by atoms with E-state index in [9.17, 15) is 14.4 Å². The topological polar surface area (TPSA) is 132 Å². The largest absolute Gasteiger partial charge is 0.457 e. The SMILES string of the molecule is C=Cc1ccc(COOCc2ccccc2Sc2ccc(Sc3ccccc3C(=O)OCc3ccc(C=C)cc3)c3c2C(=O)c2c(Sc4ccccc4C(=O)OCc4ccc(C=C)cc4)ccc(Sc4ccccc4C(=O)OCc4ccc(C=C)cc4)c2C3=O)cc1. The van der Waals surface area contributed by atoms with Gasteiger partial charge in [0, 0.05) is 61.4 Å². The van der Waals surface area contributed by atoms with Crippen LogP contribution in [0, 0.1) is 0 Å². The Morgan fingerprint density at radius 3 is 0.870 bits per heavy atom. The van der Waals surface area contributed by atoms with Crippen LogP contribution in [0.3, 0.4) is 0 Å². The minimum Gasteiger partial charge on any atom is -0.457 e. The summed E-state index contributed by atoms with van der Waals surface area (Å²) < 4.78 is 17.7. The van der Waals surface area contributed by atoms with E-state index in [1.165, 1.54) is 23.5 Å². The molecule has 0 radical (unpaired) electrons. The van der Waals surface area contributed by atoms with E-state index in [-0.39, 0.29) is 72.0 Å². The monoisotopic (exact) mass is 1280 g/mol. The molecule has 0 fully saturated rings. The van der Waals surface area contributed by atoms with E-state index < -0.39 is 29.5 Å². The predicted molar refractivity (Wildman–Crippen MR) is 365 cm³/mol. The average molecular weight is 1280 g/mol. The summed E-state index contributed by atoms with van der Waals surface area (Å²) in [4.78, 5) is 90.6. The van der Waals surface area contributed by atoms with Gasteiger partial charge in [0.25, 0.3) is 0 Å². The first kappa shape index (κ1) is 63.8. The molecule has 10 nitrogen and oxygen atoms in total. The van der Waals surface area contributed by atoms with E-state index >= 15 is 9.59 Å². The summed E-state index contributed by atoms with van der Waals surface area (Å²) in [7, 11) is 0. The van der Waals surface area contributed by atoms with E-state index in [1.54, 1.807) is 115 Å². The third kappa shape index (κ3) is 15.2. The molecule has 10 aromatic carbocycles. The van der Waals surface area contributed by atoms with Crippen molar-refractivity contribution in [1.82, 2.24) is 0 Å². The molecule has 0 heterocycles. The van der Waals surface area contributed by atoms with Crippen LogP contribution < -0.4 is 0 Å². The van der Waals surface area contributed by atoms with E-state index in [2.05, 4.69) is 26.3 Å². The molecule has 1 aliphatic rings. The zero-order valence-electron chi connectivity index (χ0n) is 49.7. The molecule has 14 heteroatoms. The number of hydrogen-bond acceptors (Lipinski definition) is 14. The second-order valence-electron chi connectivity index (χ2n) is 20.8. The van der Waals surface area contributed by atoms with Gasteiger partial charge in [-0.25, -0.2) is 24.2 Å². The van der Waals surface area contributed by atoms with Crippen LogP contribution in [0.15, 0.2) is 284 Å². The molecule has 0 spiro atoms. The minimum atomic E-state index is -0.592. The maximum absolute atomic E-state index is 16.4. The van der Waals surface area contributed by atoms with Crippen molar-refractivity contribution >= 4 is 101 Å². The van der Waals surface area contributed by atoms with Gasteiger partial charge in [-0.3, -0.25) is 9.59 Å². The van der Waals surface area contributed by atoms with Crippen LogP contribution in [0.25, 0.3) is 24.3 Å². The molecular weight excluding hydrogens is 1230 g/mol. The highest BCUT2D eigenvalue weighted by atomic mass is 32.2. The van der Waals surface area contributed by atoms with Crippen LogP contribution in [0.5, 0.6) is 0 Å². The number of ether oxygens (including phenoxy) is 3. The second-order valence-corrected chi connectivity index (χ2v) is 25.2. The van der Waals surface area contributed by atoms with Crippen LogP contribution in [0.2, 0.25) is 0 Å². The molecule has 0 amide bonds. The predicted octanol–water partition coefficient (Wildman–Crippen LogP) is 19.4. The van der Waals surface area contributed by atoms with Crippen molar-refractivity contribution in [3.05, 3.63) is 334 Å². The molecule has 0 bridgehead atoms. The smallest absolute Gasteiger partial charge is 0.339 e. The molecule has 11 rings (SSSR count). The molecule has 1 aliphatic carbocycles. The van der Waals surface area contributed by atoms with Gasteiger partial charge in [-0.05, 0) is 117 Å². The number of rotatable bonds is 26. The van der Waals surface area contributed by atoms with Gasteiger partial charge in [-0.1, -0.05) is 249 Å². The van der Waals surface area contributed by atoms with E-state index in [1.807, 2.05) is 127 Å². The van der Waals surface area contributed by atoms with Crippen LogP contribution >= 0.6 is 47.0 Å². The summed E-state index contributed by atoms with van der Waals surface area (Å²) in [5.41, 5.74) is 8.89. The molecule has 0 N–H and O–H groups in total. The fraction of sp³-hybridized carbons (Fsp3) is 0.0641. The van der Waals surface area contributed by atoms with Gasteiger partial charge >= 0.3 is 17.9 Å². The molecule has 92 heavy (non-hydrogen) atoms. The first-order valence-electron chi connectivity index (χ1n) is 29.1. The molecule has 10 aromatic rings. The van der Waals surface area contributed by atoms with Crippen LogP contribution in [-0.2, 0) is 57.0 Å². The van der Waals surface area contributed by atoms with E-state index in [4.69, 9.17) is 24.0 Å². The standard InChI is InChI=1S/C78H58O10S4/c1-5-50-25-33-54(34-26-50)45-84-76(81)59-18-10-14-22-63(59)90-67-42-41-66(89-62-21-13-9-17-58(62)49-88-87-48-57-39-31-53(8-4)32-40-57)70-71(67)75(80)73-69(92-65-24-16-12-20-61(65)78(83)86-47-56-37-29-52(7-3)30-38-56)44-43-68(72(73)74(70)79)91-64-23-15-11-19-60(64)77(82)85-46-55-35-27-51(6-2)28-36-55/h5-44H,1-4,45-49H2. The van der Waals surface area contributed by atoms with Gasteiger partial charge in [0.15, 0.2) is 11.6 Å². The Bertz CT molecular complexity index is 4460. The van der Waals surface area contributed by atoms with E-state index in [0.29, 0.717) is 34.3 Å². The van der Waals surface area contributed by atoms with E-state index in [0.717, 1.165) is 78.5 Å². The van der Waals surface area contributed by atoms with Crippen molar-refractivity contribution in [2.45, 2.75) is 72.2 Å². The molecule has 0 saturated carbocycles. The summed E-state index contributed by atoms with van der Waals surface area (Å²) in [5.74, 6) is -2.73. The van der Waals surface area contributed by atoms with Crippen molar-refractivity contribution in [2.75, 3.05) is 0 Å². The molecule has 0 aliphatic heterocycles. The van der Waals surface area contributed by atoms with Crippen molar-refractivity contribution in [1.29, 1.82) is 0 Å². The lowest BCUT2D eigenvalue weighted by Crippen LogP contribution is -2.24. The zero-order chi connectivity index (χ0) is 63.9. The number of hydrogen-bond donors (Lipinski definition) is 0. The van der Waals surface area contributed by atoms with Gasteiger partial charge < -0.3 is 14.2 Å². The Kier molecular flexibility index (Phi) is 21.1.